The van der Waals surface area contributed by atoms with Gasteiger partial charge < -0.3 is 4.74 Å². The van der Waals surface area contributed by atoms with Crippen molar-refractivity contribution >= 4 is 33.5 Å². The van der Waals surface area contributed by atoms with Crippen molar-refractivity contribution in [3.8, 4) is 0 Å². The van der Waals surface area contributed by atoms with Crippen molar-refractivity contribution in [3.63, 3.8) is 0 Å². The van der Waals surface area contributed by atoms with Gasteiger partial charge in [0.05, 0.1) is 17.3 Å². The lowest BCUT2D eigenvalue weighted by Gasteiger charge is -2.21. The van der Waals surface area contributed by atoms with Crippen LogP contribution in [0.25, 0.3) is 0 Å². The second-order valence-corrected chi connectivity index (χ2v) is 5.46. The monoisotopic (exact) mass is 304 g/mol. The number of carbonyl (C=O) groups is 1. The molecule has 1 atom stereocenters. The van der Waals surface area contributed by atoms with Crippen LogP contribution in [0.2, 0.25) is 0 Å². The first-order chi connectivity index (χ1) is 7.74. The minimum absolute atomic E-state index is 0.0263. The lowest BCUT2D eigenvalue weighted by Crippen LogP contribution is -2.33. The average molecular weight is 305 g/mol. The van der Waals surface area contributed by atoms with Gasteiger partial charge in [-0.1, -0.05) is 0 Å². The highest BCUT2D eigenvalue weighted by Gasteiger charge is 2.27. The van der Waals surface area contributed by atoms with Gasteiger partial charge in [-0.15, -0.1) is 0 Å². The molecule has 1 aliphatic heterocycles. The average Bonchev–Trinajstić information content (AvgIpc) is 2.70. The van der Waals surface area contributed by atoms with Gasteiger partial charge in [-0.3, -0.25) is 9.48 Å². The molecule has 0 spiro atoms. The third-order valence-electron chi connectivity index (χ3n) is 2.44. The lowest BCUT2D eigenvalue weighted by atomic mass is 10.2. The number of rotatable bonds is 3. The van der Waals surface area contributed by atoms with Crippen LogP contribution in [-0.4, -0.2) is 39.8 Å². The molecule has 0 aromatic carbocycles. The Bertz CT molecular complexity index is 388. The summed E-state index contributed by atoms with van der Waals surface area (Å²) in [6.45, 7) is 3.30. The van der Waals surface area contributed by atoms with Crippen LogP contribution in [0.15, 0.2) is 10.7 Å². The maximum atomic E-state index is 12.2. The zero-order valence-corrected chi connectivity index (χ0v) is 11.4. The smallest absolute Gasteiger partial charge is 0.211 e. The number of thioether (sulfide) groups is 1. The predicted molar refractivity (Wildman–Crippen MR) is 67.0 cm³/mol. The van der Waals surface area contributed by atoms with Crippen molar-refractivity contribution in [1.29, 1.82) is 0 Å². The van der Waals surface area contributed by atoms with E-state index < -0.39 is 0 Å². The number of carbonyl (C=O) groups excluding carboxylic acids is 1. The molecule has 4 nitrogen and oxygen atoms in total. The van der Waals surface area contributed by atoms with Crippen molar-refractivity contribution < 1.29 is 9.53 Å². The fourth-order valence-corrected chi connectivity index (χ4v) is 2.97. The number of ether oxygens (including phenoxy) is 1. The van der Waals surface area contributed by atoms with Gasteiger partial charge in [0.15, 0.2) is 0 Å². The van der Waals surface area contributed by atoms with E-state index in [2.05, 4.69) is 21.0 Å². The number of hydrogen-bond acceptors (Lipinski definition) is 4. The van der Waals surface area contributed by atoms with Crippen LogP contribution in [0.1, 0.15) is 17.4 Å². The summed E-state index contributed by atoms with van der Waals surface area (Å²) >= 11 is 5.12. The molecule has 16 heavy (non-hydrogen) atoms. The first-order valence-electron chi connectivity index (χ1n) is 5.19. The number of aryl methyl sites for hydroxylation is 1. The van der Waals surface area contributed by atoms with Crippen molar-refractivity contribution in [2.45, 2.75) is 19.6 Å². The van der Waals surface area contributed by atoms with E-state index in [9.17, 15) is 4.79 Å². The molecule has 1 aromatic rings. The number of Topliss-reactive ketones (excluding diaryl/α,β-unsaturated/α-hetero) is 1. The van der Waals surface area contributed by atoms with Gasteiger partial charge in [0.2, 0.25) is 5.78 Å². The van der Waals surface area contributed by atoms with E-state index in [0.29, 0.717) is 18.8 Å². The first kappa shape index (κ1) is 12.1. The van der Waals surface area contributed by atoms with E-state index in [1.54, 1.807) is 22.6 Å². The lowest BCUT2D eigenvalue weighted by molar-refractivity contribution is 0.0508. The summed E-state index contributed by atoms with van der Waals surface area (Å²) in [6.07, 6.45) is 1.34. The Labute approximate surface area is 107 Å². The van der Waals surface area contributed by atoms with Crippen LogP contribution < -0.4 is 0 Å². The zero-order chi connectivity index (χ0) is 11.5. The fourth-order valence-electron chi connectivity index (χ4n) is 1.64. The van der Waals surface area contributed by atoms with E-state index in [-0.39, 0.29) is 11.9 Å². The third kappa shape index (κ3) is 2.33. The maximum Gasteiger partial charge on any atom is 0.211 e. The maximum absolute atomic E-state index is 12.2. The molecule has 1 saturated heterocycles. The Morgan fingerprint density at radius 3 is 3.25 bits per heavy atom. The molecule has 1 aliphatic rings. The van der Waals surface area contributed by atoms with E-state index in [1.165, 1.54) is 0 Å². The summed E-state index contributed by atoms with van der Waals surface area (Å²) < 4.78 is 7.94. The Kier molecular flexibility index (Phi) is 4.05. The number of aromatic nitrogens is 2. The second-order valence-electron chi connectivity index (χ2n) is 3.46. The number of hydrogen-bond donors (Lipinski definition) is 0. The van der Waals surface area contributed by atoms with Gasteiger partial charge in [-0.05, 0) is 22.9 Å². The summed E-state index contributed by atoms with van der Waals surface area (Å²) in [5, 5.41) is 4.14. The molecule has 0 saturated carbocycles. The molecule has 6 heteroatoms. The third-order valence-corrected chi connectivity index (χ3v) is 4.01. The molecule has 88 valence electrons. The van der Waals surface area contributed by atoms with Gasteiger partial charge in [0.25, 0.3) is 0 Å². The van der Waals surface area contributed by atoms with Crippen molar-refractivity contribution in [2.24, 2.45) is 0 Å². The van der Waals surface area contributed by atoms with E-state index >= 15 is 0 Å². The molecular formula is C10H13BrN2O2S. The number of nitrogens with zero attached hydrogens (tertiary/aromatic N) is 2. The highest BCUT2D eigenvalue weighted by molar-refractivity contribution is 9.10. The number of ketones is 1. The minimum atomic E-state index is -0.322. The molecule has 2 rings (SSSR count). The van der Waals surface area contributed by atoms with Gasteiger partial charge in [0, 0.05) is 18.1 Å². The predicted octanol–water partition coefficient (Wildman–Crippen LogP) is 1.98. The van der Waals surface area contributed by atoms with E-state index in [0.717, 1.165) is 16.0 Å². The van der Waals surface area contributed by atoms with Gasteiger partial charge >= 0.3 is 0 Å². The highest BCUT2D eigenvalue weighted by atomic mass is 79.9. The number of halogens is 1. The SMILES string of the molecule is CCn1ncc(Br)c1C(=O)C1CSCCO1. The summed E-state index contributed by atoms with van der Waals surface area (Å²) in [5.41, 5.74) is 0.620. The Morgan fingerprint density at radius 2 is 2.62 bits per heavy atom. The Balaban J connectivity index is 2.21. The van der Waals surface area contributed by atoms with Crippen molar-refractivity contribution in [1.82, 2.24) is 9.78 Å². The van der Waals surface area contributed by atoms with Gasteiger partial charge in [-0.25, -0.2) is 0 Å². The van der Waals surface area contributed by atoms with E-state index in [1.807, 2.05) is 6.92 Å². The van der Waals surface area contributed by atoms with Crippen molar-refractivity contribution in [3.05, 3.63) is 16.4 Å². The minimum Gasteiger partial charge on any atom is -0.368 e. The van der Waals surface area contributed by atoms with Crippen LogP contribution in [0.4, 0.5) is 0 Å². The summed E-state index contributed by atoms with van der Waals surface area (Å²) in [7, 11) is 0. The molecular weight excluding hydrogens is 292 g/mol. The standard InChI is InChI=1S/C10H13BrN2O2S/c1-2-13-9(7(11)5-12-13)10(14)8-6-16-4-3-15-8/h5,8H,2-4,6H2,1H3. The molecule has 2 heterocycles. The highest BCUT2D eigenvalue weighted by Crippen LogP contribution is 2.22. The van der Waals surface area contributed by atoms with Crippen LogP contribution in [0, 0.1) is 0 Å². The molecule has 1 unspecified atom stereocenters. The molecule has 1 fully saturated rings. The topological polar surface area (TPSA) is 44.1 Å². The van der Waals surface area contributed by atoms with Gasteiger partial charge in [0.1, 0.15) is 11.8 Å². The first-order valence-corrected chi connectivity index (χ1v) is 7.13. The molecule has 1 aromatic heterocycles. The molecule has 0 amide bonds. The molecule has 0 bridgehead atoms. The fraction of sp³-hybridized carbons (Fsp3) is 0.600. The quantitative estimate of drug-likeness (QED) is 0.801. The Hall–Kier alpha value is -0.330. The van der Waals surface area contributed by atoms with Crippen LogP contribution >= 0.6 is 27.7 Å². The second kappa shape index (κ2) is 5.33. The van der Waals surface area contributed by atoms with E-state index in [4.69, 9.17) is 4.74 Å². The molecule has 0 N–H and O–H groups in total. The summed E-state index contributed by atoms with van der Waals surface area (Å²) in [5.74, 6) is 1.73. The largest absolute Gasteiger partial charge is 0.368 e. The van der Waals surface area contributed by atoms with Crippen molar-refractivity contribution in [2.75, 3.05) is 18.1 Å². The summed E-state index contributed by atoms with van der Waals surface area (Å²) in [4.78, 5) is 12.2. The Morgan fingerprint density at radius 1 is 1.81 bits per heavy atom. The zero-order valence-electron chi connectivity index (χ0n) is 8.98. The van der Waals surface area contributed by atoms with Crippen LogP contribution in [0.5, 0.6) is 0 Å². The van der Waals surface area contributed by atoms with Crippen LogP contribution in [0.3, 0.4) is 0 Å². The van der Waals surface area contributed by atoms with Gasteiger partial charge in [-0.2, -0.15) is 16.9 Å². The normalized spacial score (nSPS) is 21.0. The van der Waals surface area contributed by atoms with Crippen LogP contribution in [-0.2, 0) is 11.3 Å². The molecule has 0 aliphatic carbocycles. The summed E-state index contributed by atoms with van der Waals surface area (Å²) in [6, 6.07) is 0. The molecule has 0 radical (unpaired) electrons.